The molecule has 0 saturated heterocycles. The number of rotatable bonds is 1. The molecule has 0 aliphatic heterocycles. The van der Waals surface area contributed by atoms with Crippen LogP contribution in [0.5, 0.6) is 0 Å². The highest BCUT2D eigenvalue weighted by Crippen LogP contribution is 2.61. The topological polar surface area (TPSA) is 0 Å². The molecule has 0 unspecified atom stereocenters. The molecule has 50 valence electrons. The second kappa shape index (κ2) is 2.83. The summed E-state index contributed by atoms with van der Waals surface area (Å²) in [7, 11) is 0. The third-order valence-electron chi connectivity index (χ3n) is 1.12. The summed E-state index contributed by atoms with van der Waals surface area (Å²) >= 11 is 13.6. The minimum Gasteiger partial charge on any atom is -0.131 e. The largest absolute Gasteiger partial charge is 0.131 e. The first kappa shape index (κ1) is 7.93. The molecule has 0 amide bonds. The second-order valence-corrected chi connectivity index (χ2v) is 11.7. The molecule has 0 saturated carbocycles. The van der Waals surface area contributed by atoms with Gasteiger partial charge < -0.3 is 0 Å². The van der Waals surface area contributed by atoms with E-state index >= 15 is 0 Å². The molecule has 9 heavy (non-hydrogen) atoms. The van der Waals surface area contributed by atoms with Gasteiger partial charge in [0, 0.05) is 5.66 Å². The zero-order valence-corrected chi connectivity index (χ0v) is 8.14. The predicted molar refractivity (Wildman–Crippen MR) is 54.3 cm³/mol. The Balaban J connectivity index is 2.76. The molecule has 0 aromatic rings. The lowest BCUT2D eigenvalue weighted by atomic mass is 10.5. The van der Waals surface area contributed by atoms with Crippen LogP contribution < -0.4 is 0 Å². The summed E-state index contributed by atoms with van der Waals surface area (Å²) < 4.78 is -1.66. The van der Waals surface area contributed by atoms with Crippen molar-refractivity contribution in [3.8, 4) is 0 Å². The highest BCUT2D eigenvalue weighted by molar-refractivity contribution is 8.92. The van der Waals surface area contributed by atoms with Gasteiger partial charge in [-0.1, -0.05) is 36.1 Å². The lowest BCUT2D eigenvalue weighted by molar-refractivity contribution is 1.47. The Morgan fingerprint density at radius 2 is 1.67 bits per heavy atom. The van der Waals surface area contributed by atoms with E-state index < -0.39 is 4.44 Å². The van der Waals surface area contributed by atoms with Gasteiger partial charge in [-0.05, 0) is 0 Å². The lowest BCUT2D eigenvalue weighted by Crippen LogP contribution is -1.87. The van der Waals surface area contributed by atoms with E-state index in [2.05, 4.69) is 24.5 Å². The highest BCUT2D eigenvalue weighted by Gasteiger charge is 2.16. The molecule has 0 nitrogen and oxygen atoms in total. The fourth-order valence-corrected chi connectivity index (χ4v) is 2.64. The number of hydrogen-bond acceptors (Lipinski definition) is 1. The third-order valence-corrected chi connectivity index (χ3v) is 4.57. The van der Waals surface area contributed by atoms with Gasteiger partial charge in [0.15, 0.2) is 0 Å². The first-order valence-electron chi connectivity index (χ1n) is 2.51. The molecule has 0 fully saturated rings. The molecule has 4 heteroatoms. The number of allylic oxidation sites excluding steroid dienone is 4. The maximum atomic E-state index is 5.08. The Hall–Kier alpha value is 0.830. The van der Waals surface area contributed by atoms with Crippen molar-refractivity contribution in [2.45, 2.75) is 5.66 Å². The number of hydrogen-bond donors (Lipinski definition) is 2. The first-order chi connectivity index (χ1) is 4.11. The van der Waals surface area contributed by atoms with Gasteiger partial charge in [0.05, 0.1) is 4.44 Å². The molecule has 1 aliphatic carbocycles. The van der Waals surface area contributed by atoms with Crippen LogP contribution in [0.15, 0.2) is 24.3 Å². The molecule has 0 radical (unpaired) electrons. The Bertz CT molecular complexity index is 188. The van der Waals surface area contributed by atoms with Crippen molar-refractivity contribution < 1.29 is 0 Å². The molecule has 0 spiro atoms. The summed E-state index contributed by atoms with van der Waals surface area (Å²) in [6.45, 7) is 0. The molecular formula is C5H7PS3. The minimum atomic E-state index is -1.66. The average molecular weight is 194 g/mol. The molecule has 0 atom stereocenters. The normalized spacial score (nSPS) is 19.3. The number of thiol groups is 2. The van der Waals surface area contributed by atoms with Crippen molar-refractivity contribution in [3.63, 3.8) is 0 Å². The summed E-state index contributed by atoms with van der Waals surface area (Å²) in [6.07, 6.45) is 8.05. The summed E-state index contributed by atoms with van der Waals surface area (Å²) in [5, 5.41) is 0. The van der Waals surface area contributed by atoms with E-state index in [0.29, 0.717) is 5.66 Å². The van der Waals surface area contributed by atoms with E-state index in [0.717, 1.165) is 0 Å². The van der Waals surface area contributed by atoms with Crippen LogP contribution in [-0.4, -0.2) is 5.66 Å². The van der Waals surface area contributed by atoms with Crippen LogP contribution in [-0.2, 0) is 11.8 Å². The van der Waals surface area contributed by atoms with Crippen LogP contribution in [0.2, 0.25) is 0 Å². The van der Waals surface area contributed by atoms with Crippen molar-refractivity contribution in [2.75, 3.05) is 0 Å². The van der Waals surface area contributed by atoms with Gasteiger partial charge in [0.1, 0.15) is 0 Å². The van der Waals surface area contributed by atoms with Crippen molar-refractivity contribution in [1.82, 2.24) is 0 Å². The standard InChI is InChI=1S/C5H7PS3/c7-6(8,9)5-3-1-2-4-5/h1-5H,(H2,7,8,9). The van der Waals surface area contributed by atoms with Crippen molar-refractivity contribution in [3.05, 3.63) is 24.3 Å². The SMILES string of the molecule is S=P(S)(S)C1C=CC=C1. The quantitative estimate of drug-likeness (QED) is 0.478. The van der Waals surface area contributed by atoms with Crippen molar-refractivity contribution >= 4 is 40.7 Å². The molecule has 1 aliphatic rings. The van der Waals surface area contributed by atoms with Gasteiger partial charge in [0.2, 0.25) is 0 Å². The van der Waals surface area contributed by atoms with Crippen LogP contribution in [0.4, 0.5) is 0 Å². The van der Waals surface area contributed by atoms with E-state index in [4.69, 9.17) is 11.8 Å². The fourth-order valence-electron chi connectivity index (χ4n) is 0.644. The van der Waals surface area contributed by atoms with Gasteiger partial charge in [-0.2, -0.15) is 0 Å². The Labute approximate surface area is 70.7 Å². The molecule has 1 rings (SSSR count). The minimum absolute atomic E-state index is 0.305. The Kier molecular flexibility index (Phi) is 2.49. The van der Waals surface area contributed by atoms with Crippen LogP contribution in [0.1, 0.15) is 0 Å². The van der Waals surface area contributed by atoms with Crippen molar-refractivity contribution in [2.24, 2.45) is 0 Å². The van der Waals surface area contributed by atoms with Gasteiger partial charge >= 0.3 is 0 Å². The monoisotopic (exact) mass is 194 g/mol. The molecule has 0 N–H and O–H groups in total. The van der Waals surface area contributed by atoms with E-state index in [9.17, 15) is 0 Å². The van der Waals surface area contributed by atoms with Gasteiger partial charge in [-0.15, -0.1) is 24.5 Å². The summed E-state index contributed by atoms with van der Waals surface area (Å²) in [4.78, 5) is 0. The van der Waals surface area contributed by atoms with E-state index in [-0.39, 0.29) is 0 Å². The van der Waals surface area contributed by atoms with Crippen molar-refractivity contribution in [1.29, 1.82) is 0 Å². The van der Waals surface area contributed by atoms with Gasteiger partial charge in [-0.3, -0.25) is 0 Å². The van der Waals surface area contributed by atoms with Crippen LogP contribution >= 0.6 is 28.9 Å². The van der Waals surface area contributed by atoms with E-state index in [1.165, 1.54) is 0 Å². The lowest BCUT2D eigenvalue weighted by Gasteiger charge is -2.11. The fraction of sp³-hybridized carbons (Fsp3) is 0.200. The van der Waals surface area contributed by atoms with Crippen LogP contribution in [0.25, 0.3) is 0 Å². The molecule has 0 heterocycles. The molecule has 0 aromatic heterocycles. The molecule has 0 bridgehead atoms. The van der Waals surface area contributed by atoms with Gasteiger partial charge in [-0.25, -0.2) is 0 Å². The molecule has 0 aromatic carbocycles. The molecular weight excluding hydrogens is 187 g/mol. The second-order valence-electron chi connectivity index (χ2n) is 1.85. The smallest absolute Gasteiger partial charge is 0.0616 e. The highest BCUT2D eigenvalue weighted by atomic mass is 33.2. The maximum Gasteiger partial charge on any atom is 0.0616 e. The summed E-state index contributed by atoms with van der Waals surface area (Å²) in [6, 6.07) is 0. The predicted octanol–water partition coefficient (Wildman–Crippen LogP) is 2.65. The third kappa shape index (κ3) is 2.15. The zero-order valence-electron chi connectivity index (χ0n) is 4.64. The zero-order chi connectivity index (χ0) is 6.91. The van der Waals surface area contributed by atoms with Crippen LogP contribution in [0.3, 0.4) is 0 Å². The maximum absolute atomic E-state index is 5.08. The van der Waals surface area contributed by atoms with E-state index in [1.54, 1.807) is 0 Å². The van der Waals surface area contributed by atoms with Crippen LogP contribution in [0, 0.1) is 0 Å². The Morgan fingerprint density at radius 3 is 1.89 bits per heavy atom. The summed E-state index contributed by atoms with van der Waals surface area (Å²) in [5.41, 5.74) is 0.305. The first-order valence-corrected chi connectivity index (χ1v) is 7.68. The van der Waals surface area contributed by atoms with Gasteiger partial charge in [0.25, 0.3) is 0 Å². The van der Waals surface area contributed by atoms with E-state index in [1.807, 2.05) is 24.3 Å². The Morgan fingerprint density at radius 1 is 1.22 bits per heavy atom. The summed E-state index contributed by atoms with van der Waals surface area (Å²) in [5.74, 6) is 0. The average Bonchev–Trinajstić information content (AvgIpc) is 2.08.